The van der Waals surface area contributed by atoms with Crippen molar-refractivity contribution in [2.45, 2.75) is 32.9 Å². The standard InChI is InChI=1S/C18H21NO/c1-4-20-16-11-9-14-7-5-6-13-8-10-15(19-12(2)3)18(16)17(13)14/h5-12,16,19H,4H2,1-3H3. The number of hydrogen-bond donors (Lipinski definition) is 1. The number of anilines is 1. The molecule has 1 unspecified atom stereocenters. The predicted molar refractivity (Wildman–Crippen MR) is 86.1 cm³/mol. The third-order valence-electron chi connectivity index (χ3n) is 3.64. The Hall–Kier alpha value is -1.80. The summed E-state index contributed by atoms with van der Waals surface area (Å²) in [5, 5.41) is 6.15. The van der Waals surface area contributed by atoms with Gasteiger partial charge in [-0.25, -0.2) is 0 Å². The maximum atomic E-state index is 5.93. The average molecular weight is 267 g/mol. The zero-order chi connectivity index (χ0) is 14.1. The lowest BCUT2D eigenvalue weighted by molar-refractivity contribution is 0.0984. The quantitative estimate of drug-likeness (QED) is 0.862. The molecule has 0 bridgehead atoms. The molecule has 0 aromatic heterocycles. The normalized spacial score (nSPS) is 16.9. The van der Waals surface area contributed by atoms with E-state index in [0.717, 1.165) is 0 Å². The Morgan fingerprint density at radius 3 is 2.80 bits per heavy atom. The van der Waals surface area contributed by atoms with Crippen molar-refractivity contribution >= 4 is 22.5 Å². The zero-order valence-electron chi connectivity index (χ0n) is 12.3. The molecule has 0 radical (unpaired) electrons. The molecular formula is C18H21NO. The summed E-state index contributed by atoms with van der Waals surface area (Å²) in [6.45, 7) is 7.09. The van der Waals surface area contributed by atoms with Gasteiger partial charge in [-0.15, -0.1) is 0 Å². The SMILES string of the molecule is CCOC1C=Cc2cccc3ccc(NC(C)C)c1c23. The van der Waals surface area contributed by atoms with Gasteiger partial charge in [-0.2, -0.15) is 0 Å². The van der Waals surface area contributed by atoms with Crippen LogP contribution in [0.5, 0.6) is 0 Å². The Labute approximate surface area is 120 Å². The van der Waals surface area contributed by atoms with E-state index in [4.69, 9.17) is 4.74 Å². The van der Waals surface area contributed by atoms with Gasteiger partial charge < -0.3 is 10.1 Å². The van der Waals surface area contributed by atoms with Crippen molar-refractivity contribution in [1.29, 1.82) is 0 Å². The molecule has 2 nitrogen and oxygen atoms in total. The van der Waals surface area contributed by atoms with E-state index in [-0.39, 0.29) is 6.10 Å². The second-order valence-corrected chi connectivity index (χ2v) is 5.51. The largest absolute Gasteiger partial charge is 0.383 e. The molecule has 2 aromatic carbocycles. The van der Waals surface area contributed by atoms with Crippen LogP contribution in [0.1, 0.15) is 38.0 Å². The highest BCUT2D eigenvalue weighted by molar-refractivity contribution is 5.98. The molecule has 2 heteroatoms. The molecule has 0 aliphatic heterocycles. The lowest BCUT2D eigenvalue weighted by Gasteiger charge is -2.25. The van der Waals surface area contributed by atoms with Crippen molar-refractivity contribution in [1.82, 2.24) is 0 Å². The first-order valence-electron chi connectivity index (χ1n) is 7.32. The lowest BCUT2D eigenvalue weighted by Crippen LogP contribution is -2.15. The Bertz CT molecular complexity index is 658. The van der Waals surface area contributed by atoms with Gasteiger partial charge in [0.2, 0.25) is 0 Å². The molecule has 0 heterocycles. The smallest absolute Gasteiger partial charge is 0.104 e. The number of benzene rings is 2. The van der Waals surface area contributed by atoms with Gasteiger partial charge in [0.05, 0.1) is 0 Å². The highest BCUT2D eigenvalue weighted by Gasteiger charge is 2.21. The van der Waals surface area contributed by atoms with Crippen LogP contribution in [0.2, 0.25) is 0 Å². The van der Waals surface area contributed by atoms with Crippen LogP contribution in [0.25, 0.3) is 16.8 Å². The van der Waals surface area contributed by atoms with E-state index in [2.05, 4.69) is 61.6 Å². The summed E-state index contributed by atoms with van der Waals surface area (Å²) >= 11 is 0. The van der Waals surface area contributed by atoms with E-state index in [1.54, 1.807) is 0 Å². The summed E-state index contributed by atoms with van der Waals surface area (Å²) < 4.78 is 5.93. The summed E-state index contributed by atoms with van der Waals surface area (Å²) in [6.07, 6.45) is 4.38. The van der Waals surface area contributed by atoms with E-state index in [1.165, 1.54) is 27.6 Å². The van der Waals surface area contributed by atoms with E-state index in [0.29, 0.717) is 12.6 Å². The molecule has 0 saturated heterocycles. The molecule has 1 aliphatic carbocycles. The van der Waals surface area contributed by atoms with Crippen molar-refractivity contribution in [3.8, 4) is 0 Å². The van der Waals surface area contributed by atoms with Crippen LogP contribution in [-0.2, 0) is 4.74 Å². The first kappa shape index (κ1) is 13.2. The maximum absolute atomic E-state index is 5.93. The Kier molecular flexibility index (Phi) is 3.49. The van der Waals surface area contributed by atoms with Gasteiger partial charge in [0.15, 0.2) is 0 Å². The molecule has 2 aromatic rings. The number of rotatable bonds is 4. The second kappa shape index (κ2) is 5.29. The monoisotopic (exact) mass is 267 g/mol. The summed E-state index contributed by atoms with van der Waals surface area (Å²) in [6, 6.07) is 11.2. The molecule has 0 amide bonds. The number of nitrogens with one attached hydrogen (secondary N) is 1. The van der Waals surface area contributed by atoms with Crippen LogP contribution in [0, 0.1) is 0 Å². The fourth-order valence-corrected chi connectivity index (χ4v) is 2.91. The molecule has 0 saturated carbocycles. The van der Waals surface area contributed by atoms with Gasteiger partial charge in [0.25, 0.3) is 0 Å². The van der Waals surface area contributed by atoms with Crippen molar-refractivity contribution in [3.63, 3.8) is 0 Å². The third-order valence-corrected chi connectivity index (χ3v) is 3.64. The van der Waals surface area contributed by atoms with Gasteiger partial charge in [-0.1, -0.05) is 36.4 Å². The average Bonchev–Trinajstić information content (AvgIpc) is 2.43. The minimum Gasteiger partial charge on any atom is -0.383 e. The summed E-state index contributed by atoms with van der Waals surface area (Å²) in [7, 11) is 0. The van der Waals surface area contributed by atoms with Gasteiger partial charge in [-0.05, 0) is 43.2 Å². The van der Waals surface area contributed by atoms with Gasteiger partial charge >= 0.3 is 0 Å². The molecule has 0 fully saturated rings. The minimum absolute atomic E-state index is 0.0415. The van der Waals surface area contributed by atoms with Crippen molar-refractivity contribution in [3.05, 3.63) is 47.5 Å². The third kappa shape index (κ3) is 2.20. The van der Waals surface area contributed by atoms with Crippen LogP contribution >= 0.6 is 0 Å². The number of ether oxygens (including phenoxy) is 1. The van der Waals surface area contributed by atoms with Gasteiger partial charge in [0, 0.05) is 23.9 Å². The van der Waals surface area contributed by atoms with Crippen molar-refractivity contribution < 1.29 is 4.74 Å². The highest BCUT2D eigenvalue weighted by Crippen LogP contribution is 2.40. The lowest BCUT2D eigenvalue weighted by atomic mass is 9.90. The predicted octanol–water partition coefficient (Wildman–Crippen LogP) is 4.76. The summed E-state index contributed by atoms with van der Waals surface area (Å²) in [4.78, 5) is 0. The minimum atomic E-state index is 0.0415. The molecule has 1 N–H and O–H groups in total. The first-order valence-corrected chi connectivity index (χ1v) is 7.32. The van der Waals surface area contributed by atoms with Crippen molar-refractivity contribution in [2.75, 3.05) is 11.9 Å². The topological polar surface area (TPSA) is 21.3 Å². The van der Waals surface area contributed by atoms with Crippen LogP contribution in [0.3, 0.4) is 0 Å². The summed E-state index contributed by atoms with van der Waals surface area (Å²) in [5.74, 6) is 0. The summed E-state index contributed by atoms with van der Waals surface area (Å²) in [5.41, 5.74) is 3.74. The fourth-order valence-electron chi connectivity index (χ4n) is 2.91. The van der Waals surface area contributed by atoms with E-state index in [9.17, 15) is 0 Å². The molecule has 104 valence electrons. The molecule has 0 spiro atoms. The zero-order valence-corrected chi connectivity index (χ0v) is 12.3. The Morgan fingerprint density at radius 1 is 1.20 bits per heavy atom. The second-order valence-electron chi connectivity index (χ2n) is 5.51. The molecule has 1 aliphatic rings. The van der Waals surface area contributed by atoms with Crippen LogP contribution < -0.4 is 5.32 Å². The fraction of sp³-hybridized carbons (Fsp3) is 0.333. The first-order chi connectivity index (χ1) is 9.70. The van der Waals surface area contributed by atoms with Crippen LogP contribution in [0.15, 0.2) is 36.4 Å². The molecular weight excluding hydrogens is 246 g/mol. The molecule has 1 atom stereocenters. The number of hydrogen-bond acceptors (Lipinski definition) is 2. The maximum Gasteiger partial charge on any atom is 0.104 e. The van der Waals surface area contributed by atoms with Gasteiger partial charge in [-0.3, -0.25) is 0 Å². The van der Waals surface area contributed by atoms with E-state index in [1.807, 2.05) is 6.92 Å². The van der Waals surface area contributed by atoms with Crippen LogP contribution in [0.4, 0.5) is 5.69 Å². The van der Waals surface area contributed by atoms with Crippen LogP contribution in [-0.4, -0.2) is 12.6 Å². The van der Waals surface area contributed by atoms with E-state index >= 15 is 0 Å². The van der Waals surface area contributed by atoms with Gasteiger partial charge in [0.1, 0.15) is 6.10 Å². The van der Waals surface area contributed by atoms with E-state index < -0.39 is 0 Å². The van der Waals surface area contributed by atoms with Crippen molar-refractivity contribution in [2.24, 2.45) is 0 Å². The highest BCUT2D eigenvalue weighted by atomic mass is 16.5. The molecule has 20 heavy (non-hydrogen) atoms. The molecule has 3 rings (SSSR count). The Morgan fingerprint density at radius 2 is 2.05 bits per heavy atom. The Balaban J connectivity index is 2.24.